The van der Waals surface area contributed by atoms with Crippen molar-refractivity contribution < 1.29 is 8.78 Å². The molecule has 0 aliphatic rings. The van der Waals surface area contributed by atoms with Gasteiger partial charge in [0.1, 0.15) is 0 Å². The van der Waals surface area contributed by atoms with Gasteiger partial charge in [-0.15, -0.1) is 11.6 Å². The molecule has 18 heavy (non-hydrogen) atoms. The van der Waals surface area contributed by atoms with Crippen LogP contribution in [0.15, 0.2) is 18.2 Å². The van der Waals surface area contributed by atoms with Crippen LogP contribution >= 0.6 is 11.6 Å². The molecule has 0 spiro atoms. The number of unbranched alkanes of at least 4 members (excludes halogenated alkanes) is 4. The zero-order valence-electron chi connectivity index (χ0n) is 10.9. The van der Waals surface area contributed by atoms with Gasteiger partial charge in [-0.25, -0.2) is 8.78 Å². The average molecular weight is 275 g/mol. The van der Waals surface area contributed by atoms with Gasteiger partial charge in [0, 0.05) is 5.38 Å². The van der Waals surface area contributed by atoms with E-state index in [9.17, 15) is 8.78 Å². The number of rotatable bonds is 8. The lowest BCUT2D eigenvalue weighted by atomic mass is 10.0. The lowest BCUT2D eigenvalue weighted by Crippen LogP contribution is -2.06. The Balaban J connectivity index is 2.31. The Bertz CT molecular complexity index is 352. The third kappa shape index (κ3) is 5.34. The number of benzene rings is 1. The minimum atomic E-state index is -0.792. The molecular formula is C15H21ClF2. The fourth-order valence-electron chi connectivity index (χ4n) is 2.02. The molecule has 0 fully saturated rings. The first-order valence-corrected chi connectivity index (χ1v) is 7.15. The lowest BCUT2D eigenvalue weighted by molar-refractivity contribution is 0.495. The maximum absolute atomic E-state index is 13.4. The Kier molecular flexibility index (Phi) is 7.26. The highest BCUT2D eigenvalue weighted by molar-refractivity contribution is 6.20. The van der Waals surface area contributed by atoms with Crippen molar-refractivity contribution in [3.05, 3.63) is 35.4 Å². The summed E-state index contributed by atoms with van der Waals surface area (Å²) in [5.41, 5.74) is 0.378. The first kappa shape index (κ1) is 15.4. The van der Waals surface area contributed by atoms with Gasteiger partial charge in [-0.2, -0.15) is 0 Å². The molecule has 3 heteroatoms. The Labute approximate surface area is 113 Å². The SMILES string of the molecule is CCCCCCCC(Cl)Cc1cccc(F)c1F. The van der Waals surface area contributed by atoms with E-state index in [4.69, 9.17) is 11.6 Å². The summed E-state index contributed by atoms with van der Waals surface area (Å²) in [6.45, 7) is 2.18. The van der Waals surface area contributed by atoms with Crippen LogP contribution in [0.25, 0.3) is 0 Å². The van der Waals surface area contributed by atoms with E-state index >= 15 is 0 Å². The first-order valence-electron chi connectivity index (χ1n) is 6.72. The van der Waals surface area contributed by atoms with Crippen LogP contribution in [0.3, 0.4) is 0 Å². The monoisotopic (exact) mass is 274 g/mol. The third-order valence-corrected chi connectivity index (χ3v) is 3.47. The van der Waals surface area contributed by atoms with Gasteiger partial charge in [0.05, 0.1) is 0 Å². The predicted octanol–water partition coefficient (Wildman–Crippen LogP) is 5.48. The van der Waals surface area contributed by atoms with Crippen LogP contribution in [-0.4, -0.2) is 5.38 Å². The number of hydrogen-bond donors (Lipinski definition) is 0. The fourth-order valence-corrected chi connectivity index (χ4v) is 2.34. The summed E-state index contributed by atoms with van der Waals surface area (Å²) >= 11 is 6.16. The zero-order chi connectivity index (χ0) is 13.4. The highest BCUT2D eigenvalue weighted by Crippen LogP contribution is 2.19. The Morgan fingerprint density at radius 2 is 1.83 bits per heavy atom. The molecule has 102 valence electrons. The number of hydrogen-bond acceptors (Lipinski definition) is 0. The predicted molar refractivity (Wildman–Crippen MR) is 73.1 cm³/mol. The van der Waals surface area contributed by atoms with Crippen molar-refractivity contribution in [2.24, 2.45) is 0 Å². The minimum Gasteiger partial charge on any atom is -0.204 e. The van der Waals surface area contributed by atoms with Crippen LogP contribution in [-0.2, 0) is 6.42 Å². The van der Waals surface area contributed by atoms with Crippen LogP contribution in [0.1, 0.15) is 51.0 Å². The summed E-state index contributed by atoms with van der Waals surface area (Å²) < 4.78 is 26.4. The van der Waals surface area contributed by atoms with Crippen molar-refractivity contribution in [1.82, 2.24) is 0 Å². The maximum Gasteiger partial charge on any atom is 0.162 e. The molecule has 1 atom stereocenters. The summed E-state index contributed by atoms with van der Waals surface area (Å²) in [6.07, 6.45) is 7.20. The van der Waals surface area contributed by atoms with Crippen molar-refractivity contribution in [2.45, 2.75) is 57.2 Å². The van der Waals surface area contributed by atoms with Crippen LogP contribution in [0.4, 0.5) is 8.78 Å². The molecular weight excluding hydrogens is 254 g/mol. The van der Waals surface area contributed by atoms with Gasteiger partial charge < -0.3 is 0 Å². The van der Waals surface area contributed by atoms with Crippen LogP contribution in [0, 0.1) is 11.6 Å². The fraction of sp³-hybridized carbons (Fsp3) is 0.600. The second kappa shape index (κ2) is 8.47. The van der Waals surface area contributed by atoms with Crippen LogP contribution < -0.4 is 0 Å². The quantitative estimate of drug-likeness (QED) is 0.435. The van der Waals surface area contributed by atoms with E-state index in [1.165, 1.54) is 31.7 Å². The van der Waals surface area contributed by atoms with Gasteiger partial charge in [-0.1, -0.05) is 51.2 Å². The first-order chi connectivity index (χ1) is 8.65. The van der Waals surface area contributed by atoms with Gasteiger partial charge in [-0.3, -0.25) is 0 Å². The van der Waals surface area contributed by atoms with Crippen LogP contribution in [0.2, 0.25) is 0 Å². The van der Waals surface area contributed by atoms with Gasteiger partial charge in [0.25, 0.3) is 0 Å². The Morgan fingerprint density at radius 3 is 2.56 bits per heavy atom. The number of alkyl halides is 1. The maximum atomic E-state index is 13.4. The van der Waals surface area contributed by atoms with E-state index < -0.39 is 11.6 Å². The lowest BCUT2D eigenvalue weighted by Gasteiger charge is -2.10. The van der Waals surface area contributed by atoms with Crippen molar-refractivity contribution in [1.29, 1.82) is 0 Å². The van der Waals surface area contributed by atoms with Crippen molar-refractivity contribution in [3.8, 4) is 0 Å². The Morgan fingerprint density at radius 1 is 1.11 bits per heavy atom. The summed E-state index contributed by atoms with van der Waals surface area (Å²) in [6, 6.07) is 4.26. The van der Waals surface area contributed by atoms with Gasteiger partial charge in [0.2, 0.25) is 0 Å². The number of halogens is 3. The minimum absolute atomic E-state index is 0.108. The van der Waals surface area contributed by atoms with E-state index in [1.54, 1.807) is 6.07 Å². The molecule has 0 saturated carbocycles. The normalized spacial score (nSPS) is 12.7. The molecule has 0 nitrogen and oxygen atoms in total. The van der Waals surface area contributed by atoms with E-state index in [0.717, 1.165) is 18.9 Å². The smallest absolute Gasteiger partial charge is 0.162 e. The summed E-state index contributed by atoms with van der Waals surface area (Å²) in [7, 11) is 0. The highest BCUT2D eigenvalue weighted by Gasteiger charge is 2.12. The molecule has 0 aliphatic carbocycles. The largest absolute Gasteiger partial charge is 0.204 e. The molecule has 1 aromatic carbocycles. The molecule has 0 amide bonds. The molecule has 0 radical (unpaired) electrons. The van der Waals surface area contributed by atoms with Gasteiger partial charge in [0.15, 0.2) is 11.6 Å². The van der Waals surface area contributed by atoms with Crippen molar-refractivity contribution in [2.75, 3.05) is 0 Å². The van der Waals surface area contributed by atoms with Gasteiger partial charge in [-0.05, 0) is 24.5 Å². The molecule has 0 aromatic heterocycles. The van der Waals surface area contributed by atoms with Crippen molar-refractivity contribution in [3.63, 3.8) is 0 Å². The summed E-state index contributed by atoms with van der Waals surface area (Å²) in [5.74, 6) is -1.55. The molecule has 0 saturated heterocycles. The highest BCUT2D eigenvalue weighted by atomic mass is 35.5. The molecule has 1 unspecified atom stereocenters. The van der Waals surface area contributed by atoms with E-state index in [2.05, 4.69) is 6.92 Å². The second-order valence-corrected chi connectivity index (χ2v) is 5.33. The van der Waals surface area contributed by atoms with Crippen molar-refractivity contribution >= 4 is 11.6 Å². The third-order valence-electron chi connectivity index (χ3n) is 3.09. The molecule has 1 rings (SSSR count). The van der Waals surface area contributed by atoms with Gasteiger partial charge >= 0.3 is 0 Å². The Hall–Kier alpha value is -0.630. The van der Waals surface area contributed by atoms with E-state index in [-0.39, 0.29) is 5.38 Å². The molecule has 0 heterocycles. The molecule has 0 bridgehead atoms. The standard InChI is InChI=1S/C15H21ClF2/c1-2-3-4-5-6-9-13(16)11-12-8-7-10-14(17)15(12)18/h7-8,10,13H,2-6,9,11H2,1H3. The van der Waals surface area contributed by atoms with E-state index in [0.29, 0.717) is 12.0 Å². The second-order valence-electron chi connectivity index (χ2n) is 4.72. The molecule has 0 aliphatic heterocycles. The average Bonchev–Trinajstić information content (AvgIpc) is 2.35. The van der Waals surface area contributed by atoms with Crippen LogP contribution in [0.5, 0.6) is 0 Å². The molecule has 0 N–H and O–H groups in total. The summed E-state index contributed by atoms with van der Waals surface area (Å²) in [5, 5.41) is -0.108. The van der Waals surface area contributed by atoms with E-state index in [1.807, 2.05) is 0 Å². The summed E-state index contributed by atoms with van der Waals surface area (Å²) in [4.78, 5) is 0. The zero-order valence-corrected chi connectivity index (χ0v) is 11.6. The topological polar surface area (TPSA) is 0 Å². The molecule has 1 aromatic rings.